The molecule has 0 aliphatic heterocycles. The summed E-state index contributed by atoms with van der Waals surface area (Å²) in [6, 6.07) is 16.7. The summed E-state index contributed by atoms with van der Waals surface area (Å²) in [7, 11) is -3.32. The monoisotopic (exact) mass is 379 g/mol. The summed E-state index contributed by atoms with van der Waals surface area (Å²) >= 11 is 0. The highest BCUT2D eigenvalue weighted by Crippen LogP contribution is 2.25. The average Bonchev–Trinajstić information content (AvgIpc) is 3.08. The van der Waals surface area contributed by atoms with Crippen LogP contribution in [-0.2, 0) is 16.4 Å². The Balaban J connectivity index is 1.64. The predicted molar refractivity (Wildman–Crippen MR) is 104 cm³/mol. The lowest BCUT2D eigenvalue weighted by Gasteiger charge is -2.07. The number of nitrogens with one attached hydrogen (secondary N) is 1. The minimum Gasteiger partial charge on any atom is -0.323 e. The van der Waals surface area contributed by atoms with Crippen LogP contribution in [0.15, 0.2) is 72.0 Å². The van der Waals surface area contributed by atoms with Gasteiger partial charge in [-0.15, -0.1) is 0 Å². The first-order valence-electron chi connectivity index (χ1n) is 8.28. The third-order valence-electron chi connectivity index (χ3n) is 4.11. The Morgan fingerprint density at radius 2 is 1.85 bits per heavy atom. The van der Waals surface area contributed by atoms with Crippen LogP contribution >= 0.6 is 0 Å². The van der Waals surface area contributed by atoms with Crippen LogP contribution in [0.1, 0.15) is 5.56 Å². The van der Waals surface area contributed by atoms with Crippen molar-refractivity contribution in [3.8, 4) is 0 Å². The fourth-order valence-electron chi connectivity index (χ4n) is 2.77. The second-order valence-corrected chi connectivity index (χ2v) is 8.20. The molecule has 0 fully saturated rings. The Bertz CT molecular complexity index is 1200. The molecule has 4 rings (SSSR count). The lowest BCUT2D eigenvalue weighted by Crippen LogP contribution is -2.02. The SMILES string of the molecule is CS(=O)(=O)c1ccc2ncnc(Nc3ccn(Cc4ccccc4)n3)c2c1. The number of fused-ring (bicyclic) bond motifs is 1. The van der Waals surface area contributed by atoms with Crippen LogP contribution in [0.5, 0.6) is 0 Å². The molecular weight excluding hydrogens is 362 g/mol. The van der Waals surface area contributed by atoms with Crippen molar-refractivity contribution in [3.05, 3.63) is 72.7 Å². The fourth-order valence-corrected chi connectivity index (χ4v) is 3.42. The minimum atomic E-state index is -3.32. The number of benzene rings is 2. The van der Waals surface area contributed by atoms with Gasteiger partial charge in [0, 0.05) is 23.9 Å². The highest BCUT2D eigenvalue weighted by molar-refractivity contribution is 7.90. The van der Waals surface area contributed by atoms with Crippen molar-refractivity contribution >= 4 is 32.4 Å². The van der Waals surface area contributed by atoms with Crippen LogP contribution in [0.25, 0.3) is 10.9 Å². The summed E-state index contributed by atoms with van der Waals surface area (Å²) in [4.78, 5) is 8.67. The topological polar surface area (TPSA) is 89.8 Å². The highest BCUT2D eigenvalue weighted by Gasteiger charge is 2.12. The van der Waals surface area contributed by atoms with Gasteiger partial charge in [0.05, 0.1) is 17.0 Å². The number of sulfone groups is 1. The molecular formula is C19H17N5O2S. The van der Waals surface area contributed by atoms with Crippen LogP contribution < -0.4 is 5.32 Å². The fraction of sp³-hybridized carbons (Fsp3) is 0.105. The third kappa shape index (κ3) is 3.80. The molecule has 7 nitrogen and oxygen atoms in total. The highest BCUT2D eigenvalue weighted by atomic mass is 32.2. The van der Waals surface area contributed by atoms with E-state index < -0.39 is 9.84 Å². The maximum Gasteiger partial charge on any atom is 0.175 e. The van der Waals surface area contributed by atoms with Crippen molar-refractivity contribution in [2.45, 2.75) is 11.4 Å². The van der Waals surface area contributed by atoms with Crippen molar-refractivity contribution < 1.29 is 8.42 Å². The van der Waals surface area contributed by atoms with E-state index in [1.807, 2.05) is 47.3 Å². The van der Waals surface area contributed by atoms with Gasteiger partial charge >= 0.3 is 0 Å². The first-order valence-corrected chi connectivity index (χ1v) is 10.2. The first kappa shape index (κ1) is 17.2. The molecule has 0 saturated heterocycles. The van der Waals surface area contributed by atoms with Gasteiger partial charge in [-0.1, -0.05) is 30.3 Å². The van der Waals surface area contributed by atoms with E-state index in [0.717, 1.165) is 5.56 Å². The van der Waals surface area contributed by atoms with Gasteiger partial charge in [0.1, 0.15) is 12.1 Å². The molecule has 4 aromatic rings. The zero-order valence-electron chi connectivity index (χ0n) is 14.6. The molecule has 0 saturated carbocycles. The number of hydrogen-bond donors (Lipinski definition) is 1. The van der Waals surface area contributed by atoms with Gasteiger partial charge in [-0.05, 0) is 23.8 Å². The number of rotatable bonds is 5. The zero-order valence-corrected chi connectivity index (χ0v) is 15.4. The van der Waals surface area contributed by atoms with Gasteiger partial charge in [0.15, 0.2) is 15.7 Å². The molecule has 0 aliphatic rings. The zero-order chi connectivity index (χ0) is 18.9. The first-order chi connectivity index (χ1) is 13.0. The summed E-state index contributed by atoms with van der Waals surface area (Å²) in [5.74, 6) is 1.13. The summed E-state index contributed by atoms with van der Waals surface area (Å²) in [6.45, 7) is 0.658. The van der Waals surface area contributed by atoms with Crippen LogP contribution in [-0.4, -0.2) is 34.4 Å². The number of anilines is 2. The van der Waals surface area contributed by atoms with Crippen LogP contribution in [0.2, 0.25) is 0 Å². The lowest BCUT2D eigenvalue weighted by molar-refractivity contribution is 0.602. The number of nitrogens with zero attached hydrogens (tertiary/aromatic N) is 4. The largest absolute Gasteiger partial charge is 0.323 e. The van der Waals surface area contributed by atoms with Gasteiger partial charge in [-0.25, -0.2) is 18.4 Å². The molecule has 0 amide bonds. The Kier molecular flexibility index (Phi) is 4.33. The molecule has 2 aromatic carbocycles. The quantitative estimate of drug-likeness (QED) is 0.573. The van der Waals surface area contributed by atoms with Gasteiger partial charge in [0.2, 0.25) is 0 Å². The summed E-state index contributed by atoms with van der Waals surface area (Å²) in [5, 5.41) is 8.28. The standard InChI is InChI=1S/C19H17N5O2S/c1-27(25,26)15-7-8-17-16(11-15)19(21-13-20-17)22-18-9-10-24(23-18)12-14-5-3-2-4-6-14/h2-11,13H,12H2,1H3,(H,20,21,22,23). The minimum absolute atomic E-state index is 0.224. The average molecular weight is 379 g/mol. The molecule has 2 aromatic heterocycles. The molecule has 0 unspecified atom stereocenters. The van der Waals surface area contributed by atoms with Gasteiger partial charge < -0.3 is 5.32 Å². The Morgan fingerprint density at radius 1 is 1.04 bits per heavy atom. The van der Waals surface area contributed by atoms with E-state index >= 15 is 0 Å². The Hall–Kier alpha value is -3.26. The number of hydrogen-bond acceptors (Lipinski definition) is 6. The predicted octanol–water partition coefficient (Wildman–Crippen LogP) is 3.02. The Labute approximate surface area is 156 Å². The molecule has 0 radical (unpaired) electrons. The summed E-state index contributed by atoms with van der Waals surface area (Å²) in [6.07, 6.45) is 4.49. The normalized spacial score (nSPS) is 11.6. The van der Waals surface area contributed by atoms with E-state index in [-0.39, 0.29) is 4.90 Å². The summed E-state index contributed by atoms with van der Waals surface area (Å²) in [5.41, 5.74) is 1.81. The molecule has 2 heterocycles. The number of aromatic nitrogens is 4. The smallest absolute Gasteiger partial charge is 0.175 e. The molecule has 27 heavy (non-hydrogen) atoms. The van der Waals surface area contributed by atoms with E-state index in [4.69, 9.17) is 0 Å². The molecule has 0 atom stereocenters. The van der Waals surface area contributed by atoms with E-state index in [1.54, 1.807) is 18.2 Å². The maximum atomic E-state index is 11.8. The van der Waals surface area contributed by atoms with E-state index in [9.17, 15) is 8.42 Å². The third-order valence-corrected chi connectivity index (χ3v) is 5.22. The van der Waals surface area contributed by atoms with Gasteiger partial charge in [-0.3, -0.25) is 4.68 Å². The summed E-state index contributed by atoms with van der Waals surface area (Å²) < 4.78 is 25.5. The molecule has 0 aliphatic carbocycles. The van der Waals surface area contributed by atoms with Crippen molar-refractivity contribution in [1.29, 1.82) is 0 Å². The van der Waals surface area contributed by atoms with Crippen molar-refractivity contribution in [1.82, 2.24) is 19.7 Å². The second kappa shape index (κ2) is 6.81. The van der Waals surface area contributed by atoms with E-state index in [1.165, 1.54) is 12.6 Å². The maximum absolute atomic E-state index is 11.8. The lowest BCUT2D eigenvalue weighted by atomic mass is 10.2. The van der Waals surface area contributed by atoms with Crippen molar-refractivity contribution in [3.63, 3.8) is 0 Å². The molecule has 136 valence electrons. The molecule has 0 spiro atoms. The van der Waals surface area contributed by atoms with E-state index in [2.05, 4.69) is 20.4 Å². The Morgan fingerprint density at radius 3 is 2.63 bits per heavy atom. The molecule has 0 bridgehead atoms. The van der Waals surface area contributed by atoms with Crippen LogP contribution in [0.4, 0.5) is 11.6 Å². The van der Waals surface area contributed by atoms with Gasteiger partial charge in [0.25, 0.3) is 0 Å². The van der Waals surface area contributed by atoms with Gasteiger partial charge in [-0.2, -0.15) is 5.10 Å². The second-order valence-electron chi connectivity index (χ2n) is 6.18. The molecule has 8 heteroatoms. The molecule has 1 N–H and O–H groups in total. The van der Waals surface area contributed by atoms with Crippen molar-refractivity contribution in [2.75, 3.05) is 11.6 Å². The van der Waals surface area contributed by atoms with Crippen LogP contribution in [0.3, 0.4) is 0 Å². The van der Waals surface area contributed by atoms with Crippen molar-refractivity contribution in [2.24, 2.45) is 0 Å². The van der Waals surface area contributed by atoms with Crippen LogP contribution in [0, 0.1) is 0 Å². The van der Waals surface area contributed by atoms with E-state index in [0.29, 0.717) is 29.1 Å².